The van der Waals surface area contributed by atoms with Gasteiger partial charge in [-0.2, -0.15) is 0 Å². The van der Waals surface area contributed by atoms with Gasteiger partial charge in [0, 0.05) is 11.1 Å². The molecule has 0 aliphatic rings. The number of carbonyl (C=O) groups is 1. The van der Waals surface area contributed by atoms with Crippen molar-refractivity contribution in [3.8, 4) is 11.5 Å². The molecule has 0 atom stereocenters. The van der Waals surface area contributed by atoms with E-state index in [4.69, 9.17) is 9.47 Å². The molecule has 0 aliphatic heterocycles. The lowest BCUT2D eigenvalue weighted by molar-refractivity contribution is 0.101. The molecule has 0 radical (unpaired) electrons. The molecule has 26 heavy (non-hydrogen) atoms. The molecular formula is C22H37NO3. The maximum absolute atomic E-state index is 12.0. The predicted molar refractivity (Wildman–Crippen MR) is 109 cm³/mol. The summed E-state index contributed by atoms with van der Waals surface area (Å²) in [4.78, 5) is 12.0. The topological polar surface area (TPSA) is 47.6 Å². The summed E-state index contributed by atoms with van der Waals surface area (Å²) in [6, 6.07) is 3.78. The maximum atomic E-state index is 12.0. The normalized spacial score (nSPS) is 10.8. The van der Waals surface area contributed by atoms with Crippen LogP contribution >= 0.6 is 0 Å². The van der Waals surface area contributed by atoms with Crippen LogP contribution in [0, 0.1) is 0 Å². The molecule has 1 N–H and O–H groups in total. The summed E-state index contributed by atoms with van der Waals surface area (Å²) in [6.45, 7) is 8.27. The van der Waals surface area contributed by atoms with E-state index in [-0.39, 0.29) is 5.78 Å². The number of hydrogen-bond acceptors (Lipinski definition) is 4. The number of unbranched alkanes of at least 4 members (excludes halogenated alkanes) is 4. The minimum absolute atomic E-state index is 0.0450. The molecule has 0 unspecified atom stereocenters. The van der Waals surface area contributed by atoms with E-state index in [9.17, 15) is 4.79 Å². The maximum Gasteiger partial charge on any atom is 0.160 e. The van der Waals surface area contributed by atoms with Crippen LogP contribution in [0.4, 0.5) is 0 Å². The fraction of sp³-hybridized carbons (Fsp3) is 0.682. The SMILES string of the molecule is CCCCCOc1cc(C(C)=O)cc(OCCCCC)c1CCCNC. The first-order valence-corrected chi connectivity index (χ1v) is 10.2. The molecule has 0 heterocycles. The van der Waals surface area contributed by atoms with E-state index >= 15 is 0 Å². The zero-order chi connectivity index (χ0) is 19.2. The molecule has 4 heteroatoms. The second-order valence-corrected chi connectivity index (χ2v) is 6.83. The molecule has 148 valence electrons. The van der Waals surface area contributed by atoms with Crippen LogP contribution in [0.5, 0.6) is 11.5 Å². The summed E-state index contributed by atoms with van der Waals surface area (Å²) in [6.07, 6.45) is 8.59. The number of rotatable bonds is 15. The molecular weight excluding hydrogens is 326 g/mol. The highest BCUT2D eigenvalue weighted by atomic mass is 16.5. The van der Waals surface area contributed by atoms with Gasteiger partial charge >= 0.3 is 0 Å². The number of benzene rings is 1. The number of Topliss-reactive ketones (excluding diaryl/α,β-unsaturated/α-hetero) is 1. The molecule has 4 nitrogen and oxygen atoms in total. The van der Waals surface area contributed by atoms with Gasteiger partial charge in [-0.3, -0.25) is 4.79 Å². The first-order valence-electron chi connectivity index (χ1n) is 10.2. The lowest BCUT2D eigenvalue weighted by atomic mass is 10.0. The van der Waals surface area contributed by atoms with Crippen molar-refractivity contribution in [2.24, 2.45) is 0 Å². The number of carbonyl (C=O) groups excluding carboxylic acids is 1. The molecule has 1 rings (SSSR count). The third-order valence-corrected chi connectivity index (χ3v) is 4.44. The lowest BCUT2D eigenvalue weighted by Gasteiger charge is -2.18. The Hall–Kier alpha value is -1.55. The Kier molecular flexibility index (Phi) is 11.8. The Labute approximate surface area is 159 Å². The van der Waals surface area contributed by atoms with Crippen molar-refractivity contribution >= 4 is 5.78 Å². The fourth-order valence-electron chi connectivity index (χ4n) is 2.84. The van der Waals surface area contributed by atoms with Gasteiger partial charge < -0.3 is 14.8 Å². The Morgan fingerprint density at radius 3 is 1.88 bits per heavy atom. The van der Waals surface area contributed by atoms with Gasteiger partial charge in [0.1, 0.15) is 11.5 Å². The zero-order valence-electron chi connectivity index (χ0n) is 17.2. The first-order chi connectivity index (χ1) is 12.6. The minimum atomic E-state index is 0.0450. The van der Waals surface area contributed by atoms with Crippen LogP contribution < -0.4 is 14.8 Å². The summed E-state index contributed by atoms with van der Waals surface area (Å²) in [5.74, 6) is 1.68. The van der Waals surface area contributed by atoms with Gasteiger partial charge in [-0.1, -0.05) is 39.5 Å². The van der Waals surface area contributed by atoms with E-state index in [1.807, 2.05) is 19.2 Å². The van der Waals surface area contributed by atoms with Crippen molar-refractivity contribution in [3.05, 3.63) is 23.3 Å². The molecule has 1 aromatic carbocycles. The van der Waals surface area contributed by atoms with Crippen molar-refractivity contribution in [2.75, 3.05) is 26.8 Å². The van der Waals surface area contributed by atoms with Crippen LogP contribution in [0.1, 0.15) is 81.6 Å². The van der Waals surface area contributed by atoms with Crippen LogP contribution in [0.2, 0.25) is 0 Å². The quantitative estimate of drug-likeness (QED) is 0.344. The minimum Gasteiger partial charge on any atom is -0.493 e. The van der Waals surface area contributed by atoms with Crippen LogP contribution in [0.25, 0.3) is 0 Å². The molecule has 0 aromatic heterocycles. The Bertz CT molecular complexity index is 495. The average molecular weight is 364 g/mol. The first kappa shape index (κ1) is 22.5. The highest BCUT2D eigenvalue weighted by Crippen LogP contribution is 2.33. The van der Waals surface area contributed by atoms with Gasteiger partial charge in [-0.05, 0) is 58.3 Å². The summed E-state index contributed by atoms with van der Waals surface area (Å²) < 4.78 is 12.2. The molecule has 1 aromatic rings. The van der Waals surface area contributed by atoms with E-state index in [1.165, 1.54) is 0 Å². The standard InChI is InChI=1S/C22H37NO3/c1-5-7-9-14-25-21-16-19(18(3)24)17-22(26-15-10-8-6-2)20(21)12-11-13-23-4/h16-17,23H,5-15H2,1-4H3. The molecule has 0 bridgehead atoms. The largest absolute Gasteiger partial charge is 0.493 e. The van der Waals surface area contributed by atoms with Gasteiger partial charge in [0.25, 0.3) is 0 Å². The number of ether oxygens (including phenoxy) is 2. The van der Waals surface area contributed by atoms with Gasteiger partial charge in [-0.25, -0.2) is 0 Å². The van der Waals surface area contributed by atoms with E-state index in [1.54, 1.807) is 6.92 Å². The van der Waals surface area contributed by atoms with Crippen molar-refractivity contribution in [2.45, 2.75) is 72.1 Å². The van der Waals surface area contributed by atoms with E-state index in [2.05, 4.69) is 19.2 Å². The number of ketones is 1. The second-order valence-electron chi connectivity index (χ2n) is 6.83. The van der Waals surface area contributed by atoms with Crippen molar-refractivity contribution in [1.29, 1.82) is 0 Å². The highest BCUT2D eigenvalue weighted by Gasteiger charge is 2.15. The second kappa shape index (κ2) is 13.6. The van der Waals surface area contributed by atoms with Crippen LogP contribution in [0.15, 0.2) is 12.1 Å². The highest BCUT2D eigenvalue weighted by molar-refractivity contribution is 5.95. The summed E-state index contributed by atoms with van der Waals surface area (Å²) in [5, 5.41) is 3.19. The summed E-state index contributed by atoms with van der Waals surface area (Å²) in [7, 11) is 1.96. The van der Waals surface area contributed by atoms with Gasteiger partial charge in [0.2, 0.25) is 0 Å². The zero-order valence-corrected chi connectivity index (χ0v) is 17.2. The molecule has 0 fully saturated rings. The Morgan fingerprint density at radius 1 is 0.923 bits per heavy atom. The number of nitrogens with one attached hydrogen (secondary N) is 1. The van der Waals surface area contributed by atoms with Crippen LogP contribution in [0.3, 0.4) is 0 Å². The molecule has 0 amide bonds. The molecule has 0 saturated heterocycles. The smallest absolute Gasteiger partial charge is 0.160 e. The van der Waals surface area contributed by atoms with Gasteiger partial charge in [0.05, 0.1) is 13.2 Å². The summed E-state index contributed by atoms with van der Waals surface area (Å²) >= 11 is 0. The van der Waals surface area contributed by atoms with Crippen LogP contribution in [-0.2, 0) is 6.42 Å². The Balaban J connectivity index is 3.01. The molecule has 0 saturated carbocycles. The Morgan fingerprint density at radius 2 is 1.46 bits per heavy atom. The molecule has 0 aliphatic carbocycles. The predicted octanol–water partition coefficient (Wildman–Crippen LogP) is 5.18. The van der Waals surface area contributed by atoms with Gasteiger partial charge in [-0.15, -0.1) is 0 Å². The van der Waals surface area contributed by atoms with E-state index < -0.39 is 0 Å². The van der Waals surface area contributed by atoms with Crippen molar-refractivity contribution < 1.29 is 14.3 Å². The van der Waals surface area contributed by atoms with Crippen molar-refractivity contribution in [3.63, 3.8) is 0 Å². The lowest BCUT2D eigenvalue weighted by Crippen LogP contribution is -2.11. The monoisotopic (exact) mass is 363 g/mol. The average Bonchev–Trinajstić information content (AvgIpc) is 2.63. The molecule has 0 spiro atoms. The van der Waals surface area contributed by atoms with Crippen LogP contribution in [-0.4, -0.2) is 32.6 Å². The number of hydrogen-bond donors (Lipinski definition) is 1. The third-order valence-electron chi connectivity index (χ3n) is 4.44. The van der Waals surface area contributed by atoms with E-state index in [0.29, 0.717) is 18.8 Å². The fourth-order valence-corrected chi connectivity index (χ4v) is 2.84. The summed E-state index contributed by atoms with van der Waals surface area (Å²) in [5.41, 5.74) is 1.76. The third kappa shape index (κ3) is 8.22. The van der Waals surface area contributed by atoms with E-state index in [0.717, 1.165) is 75.0 Å². The van der Waals surface area contributed by atoms with Crippen molar-refractivity contribution in [1.82, 2.24) is 5.32 Å². The van der Waals surface area contributed by atoms with Gasteiger partial charge in [0.15, 0.2) is 5.78 Å².